The van der Waals surface area contributed by atoms with Crippen molar-refractivity contribution in [2.75, 3.05) is 13.2 Å². The Morgan fingerprint density at radius 3 is 2.53 bits per heavy atom. The van der Waals surface area contributed by atoms with E-state index in [1.807, 2.05) is 0 Å². The maximum atomic E-state index is 12.0. The molecule has 0 spiro atoms. The van der Waals surface area contributed by atoms with Crippen molar-refractivity contribution >= 4 is 11.9 Å². The molecule has 0 saturated heterocycles. The number of imidazole rings is 1. The van der Waals surface area contributed by atoms with Crippen molar-refractivity contribution in [2.24, 2.45) is 0 Å². The molecular formula is C13H19N2O4. The summed E-state index contributed by atoms with van der Waals surface area (Å²) >= 11 is 0. The number of ketones is 1. The van der Waals surface area contributed by atoms with Gasteiger partial charge in [-0.15, -0.1) is 0 Å². The first-order chi connectivity index (χ1) is 8.76. The lowest BCUT2D eigenvalue weighted by atomic mass is 10.2. The molecule has 6 nitrogen and oxygen atoms in total. The van der Waals surface area contributed by atoms with Crippen LogP contribution in [0, 0.1) is 13.3 Å². The van der Waals surface area contributed by atoms with Gasteiger partial charge in [0.2, 0.25) is 5.78 Å². The number of hydrogen-bond acceptors (Lipinski definition) is 5. The minimum atomic E-state index is -0.673. The van der Waals surface area contributed by atoms with Crippen molar-refractivity contribution in [1.29, 1.82) is 0 Å². The number of nitrogens with zero attached hydrogens (tertiary/aromatic N) is 2. The van der Waals surface area contributed by atoms with E-state index in [4.69, 9.17) is 9.47 Å². The van der Waals surface area contributed by atoms with Gasteiger partial charge >= 0.3 is 6.09 Å². The van der Waals surface area contributed by atoms with Gasteiger partial charge in [-0.25, -0.2) is 14.3 Å². The molecule has 0 unspecified atom stereocenters. The first kappa shape index (κ1) is 15.4. The lowest BCUT2D eigenvalue weighted by Crippen LogP contribution is -2.29. The average Bonchev–Trinajstić information content (AvgIpc) is 2.66. The average molecular weight is 267 g/mol. The molecule has 0 saturated carbocycles. The third-order valence-electron chi connectivity index (χ3n) is 2.16. The third-order valence-corrected chi connectivity index (χ3v) is 2.16. The number of aryl methyl sites for hydroxylation is 1. The van der Waals surface area contributed by atoms with Crippen molar-refractivity contribution in [1.82, 2.24) is 9.55 Å². The molecule has 0 fully saturated rings. The van der Waals surface area contributed by atoms with Gasteiger partial charge in [-0.1, -0.05) is 0 Å². The molecule has 0 N–H and O–H groups in total. The highest BCUT2D eigenvalue weighted by Crippen LogP contribution is 2.13. The summed E-state index contributed by atoms with van der Waals surface area (Å²) in [6, 6.07) is 0. The van der Waals surface area contributed by atoms with Crippen LogP contribution in [0.3, 0.4) is 0 Å². The highest BCUT2D eigenvalue weighted by molar-refractivity contribution is 5.99. The number of ether oxygens (including phenoxy) is 2. The zero-order valence-electron chi connectivity index (χ0n) is 11.9. The molecule has 1 radical (unpaired) electrons. The van der Waals surface area contributed by atoms with Gasteiger partial charge in [0, 0.05) is 6.61 Å². The van der Waals surface area contributed by atoms with E-state index >= 15 is 0 Å². The van der Waals surface area contributed by atoms with Gasteiger partial charge in [-0.05, 0) is 34.6 Å². The summed E-state index contributed by atoms with van der Waals surface area (Å²) in [5.41, 5.74) is -0.0677. The standard InChI is InChI=1S/C13H19N2O4/c1-6-18-7-10(16)11-9(2)14-8-15(11)12(17)19-13(3,4)5/h6-7H2,1-5H3. The Labute approximate surface area is 112 Å². The van der Waals surface area contributed by atoms with Crippen LogP contribution in [0.25, 0.3) is 0 Å². The minimum absolute atomic E-state index is 0.0975. The van der Waals surface area contributed by atoms with Crippen LogP contribution in [0.4, 0.5) is 4.79 Å². The molecule has 0 aliphatic rings. The van der Waals surface area contributed by atoms with Gasteiger partial charge in [0.1, 0.15) is 17.9 Å². The zero-order valence-corrected chi connectivity index (χ0v) is 11.9. The van der Waals surface area contributed by atoms with Crippen LogP contribution in [0.1, 0.15) is 43.9 Å². The van der Waals surface area contributed by atoms with Crippen LogP contribution in [0.15, 0.2) is 0 Å². The van der Waals surface area contributed by atoms with Crippen molar-refractivity contribution in [3.63, 3.8) is 0 Å². The molecule has 0 bridgehead atoms. The topological polar surface area (TPSA) is 70.4 Å². The second kappa shape index (κ2) is 5.97. The minimum Gasteiger partial charge on any atom is -0.443 e. The second-order valence-corrected chi connectivity index (χ2v) is 5.02. The van der Waals surface area contributed by atoms with Crippen LogP contribution in [-0.4, -0.2) is 40.2 Å². The van der Waals surface area contributed by atoms with E-state index in [9.17, 15) is 9.59 Å². The molecule has 1 aromatic heterocycles. The van der Waals surface area contributed by atoms with E-state index in [-0.39, 0.29) is 18.1 Å². The van der Waals surface area contributed by atoms with Crippen LogP contribution in [0.5, 0.6) is 0 Å². The summed E-state index contributed by atoms with van der Waals surface area (Å²) < 4.78 is 11.2. The van der Waals surface area contributed by atoms with Crippen LogP contribution in [0.2, 0.25) is 0 Å². The maximum absolute atomic E-state index is 12.0. The smallest absolute Gasteiger partial charge is 0.420 e. The van der Waals surface area contributed by atoms with Gasteiger partial charge in [0.25, 0.3) is 0 Å². The first-order valence-electron chi connectivity index (χ1n) is 6.07. The molecule has 1 aromatic rings. The molecule has 1 heterocycles. The summed E-state index contributed by atoms with van der Waals surface area (Å²) in [5, 5.41) is 0. The number of aromatic nitrogens is 2. The van der Waals surface area contributed by atoms with Gasteiger partial charge < -0.3 is 9.47 Å². The fourth-order valence-corrected chi connectivity index (χ4v) is 1.42. The molecule has 19 heavy (non-hydrogen) atoms. The van der Waals surface area contributed by atoms with Crippen LogP contribution < -0.4 is 0 Å². The first-order valence-corrected chi connectivity index (χ1v) is 6.07. The fourth-order valence-electron chi connectivity index (χ4n) is 1.42. The fraction of sp³-hybridized carbons (Fsp3) is 0.615. The van der Waals surface area contributed by atoms with Crippen LogP contribution in [-0.2, 0) is 9.47 Å². The molecule has 105 valence electrons. The van der Waals surface area contributed by atoms with Gasteiger partial charge in [0.15, 0.2) is 6.33 Å². The molecule has 0 amide bonds. The monoisotopic (exact) mass is 267 g/mol. The molecule has 0 aliphatic heterocycles. The molecular weight excluding hydrogens is 248 g/mol. The molecule has 0 atom stereocenters. The Kier molecular flexibility index (Phi) is 4.83. The predicted octanol–water partition coefficient (Wildman–Crippen LogP) is 1.99. The third kappa shape index (κ3) is 4.17. The van der Waals surface area contributed by atoms with Gasteiger partial charge in [-0.3, -0.25) is 4.79 Å². The molecule has 1 rings (SSSR count). The Morgan fingerprint density at radius 2 is 2.00 bits per heavy atom. The maximum Gasteiger partial charge on any atom is 0.420 e. The molecule has 0 aliphatic carbocycles. The van der Waals surface area contributed by atoms with Gasteiger partial charge in [-0.2, -0.15) is 0 Å². The van der Waals surface area contributed by atoms with E-state index in [1.165, 1.54) is 0 Å². The zero-order chi connectivity index (χ0) is 14.6. The van der Waals surface area contributed by atoms with E-state index in [2.05, 4.69) is 11.3 Å². The SMILES string of the molecule is CCOCC(=O)c1c(C)n[c]n1C(=O)OC(C)(C)C. The number of hydrogen-bond donors (Lipinski definition) is 0. The van der Waals surface area contributed by atoms with E-state index in [0.717, 1.165) is 4.57 Å². The largest absolute Gasteiger partial charge is 0.443 e. The van der Waals surface area contributed by atoms with Gasteiger partial charge in [0.05, 0.1) is 5.69 Å². The summed E-state index contributed by atoms with van der Waals surface area (Å²) in [7, 11) is 0. The Morgan fingerprint density at radius 1 is 1.37 bits per heavy atom. The summed E-state index contributed by atoms with van der Waals surface area (Å²) in [5.74, 6) is -0.320. The summed E-state index contributed by atoms with van der Waals surface area (Å²) in [6.45, 7) is 8.99. The number of rotatable bonds is 4. The van der Waals surface area contributed by atoms with E-state index < -0.39 is 11.7 Å². The van der Waals surface area contributed by atoms with E-state index in [1.54, 1.807) is 34.6 Å². The lowest BCUT2D eigenvalue weighted by molar-refractivity contribution is 0.0518. The quantitative estimate of drug-likeness (QED) is 0.780. The van der Waals surface area contributed by atoms with Crippen molar-refractivity contribution < 1.29 is 19.1 Å². The second-order valence-electron chi connectivity index (χ2n) is 5.02. The Balaban J connectivity index is 2.97. The summed E-state index contributed by atoms with van der Waals surface area (Å²) in [4.78, 5) is 27.8. The highest BCUT2D eigenvalue weighted by Gasteiger charge is 2.24. The number of carbonyl (C=O) groups excluding carboxylic acids is 2. The predicted molar refractivity (Wildman–Crippen MR) is 68.3 cm³/mol. The number of Topliss-reactive ketones (excluding diaryl/α,β-unsaturated/α-hetero) is 1. The molecule has 6 heteroatoms. The molecule has 0 aromatic carbocycles. The lowest BCUT2D eigenvalue weighted by Gasteiger charge is -2.19. The highest BCUT2D eigenvalue weighted by atomic mass is 16.6. The number of carbonyl (C=O) groups is 2. The van der Waals surface area contributed by atoms with Crippen molar-refractivity contribution in [3.8, 4) is 0 Å². The van der Waals surface area contributed by atoms with Crippen molar-refractivity contribution in [2.45, 2.75) is 40.2 Å². The summed E-state index contributed by atoms with van der Waals surface area (Å²) in [6.07, 6.45) is 1.80. The normalized spacial score (nSPS) is 11.4. The Hall–Kier alpha value is -1.69. The van der Waals surface area contributed by atoms with Crippen molar-refractivity contribution in [3.05, 3.63) is 17.7 Å². The Bertz CT molecular complexity index is 471. The van der Waals surface area contributed by atoms with Crippen LogP contribution >= 0.6 is 0 Å². The van der Waals surface area contributed by atoms with E-state index in [0.29, 0.717) is 12.3 Å².